The molecule has 0 radical (unpaired) electrons. The highest BCUT2D eigenvalue weighted by atomic mass is 19.4. The van der Waals surface area contributed by atoms with E-state index in [0.717, 1.165) is 19.2 Å². The van der Waals surface area contributed by atoms with Crippen LogP contribution in [-0.2, 0) is 10.9 Å². The van der Waals surface area contributed by atoms with Gasteiger partial charge in [-0.3, -0.25) is 4.90 Å². The first-order valence-corrected chi connectivity index (χ1v) is 8.57. The fourth-order valence-electron chi connectivity index (χ4n) is 2.11. The van der Waals surface area contributed by atoms with Crippen molar-refractivity contribution in [1.82, 2.24) is 4.90 Å². The van der Waals surface area contributed by atoms with Gasteiger partial charge in [-0.15, -0.1) is 0 Å². The molecular formula is C18H30F3NO2. The molecule has 1 fully saturated rings. The Morgan fingerprint density at radius 1 is 1.08 bits per heavy atom. The monoisotopic (exact) mass is 349 g/mol. The zero-order valence-electron chi connectivity index (χ0n) is 15.4. The molecule has 1 heterocycles. The Morgan fingerprint density at radius 3 is 2.21 bits per heavy atom. The predicted molar refractivity (Wildman–Crippen MR) is 91.6 cm³/mol. The number of aryl methyl sites for hydroxylation is 1. The van der Waals surface area contributed by atoms with Gasteiger partial charge in [0.25, 0.3) is 0 Å². The van der Waals surface area contributed by atoms with Crippen molar-refractivity contribution in [1.29, 1.82) is 0 Å². The van der Waals surface area contributed by atoms with Crippen molar-refractivity contribution in [3.8, 4) is 5.75 Å². The summed E-state index contributed by atoms with van der Waals surface area (Å²) in [4.78, 5) is 2.17. The fourth-order valence-corrected chi connectivity index (χ4v) is 2.11. The molecule has 0 spiro atoms. The highest BCUT2D eigenvalue weighted by Crippen LogP contribution is 2.33. The molecule has 0 aliphatic carbocycles. The molecule has 140 valence electrons. The summed E-state index contributed by atoms with van der Waals surface area (Å²) in [7, 11) is 0. The number of nitrogens with zero attached hydrogens (tertiary/aromatic N) is 1. The van der Waals surface area contributed by atoms with Gasteiger partial charge >= 0.3 is 6.18 Å². The topological polar surface area (TPSA) is 21.7 Å². The summed E-state index contributed by atoms with van der Waals surface area (Å²) >= 11 is 0. The second-order valence-corrected chi connectivity index (χ2v) is 4.78. The number of hydrogen-bond donors (Lipinski definition) is 0. The molecule has 3 nitrogen and oxygen atoms in total. The Labute approximate surface area is 143 Å². The van der Waals surface area contributed by atoms with Crippen LogP contribution in [0, 0.1) is 6.92 Å². The Balaban J connectivity index is 0.00000123. The van der Waals surface area contributed by atoms with Gasteiger partial charge in [0.1, 0.15) is 12.4 Å². The van der Waals surface area contributed by atoms with E-state index in [2.05, 4.69) is 4.90 Å². The van der Waals surface area contributed by atoms with Crippen molar-refractivity contribution in [2.45, 2.75) is 40.8 Å². The van der Waals surface area contributed by atoms with Crippen LogP contribution in [0.5, 0.6) is 5.75 Å². The van der Waals surface area contributed by atoms with Gasteiger partial charge in [0.2, 0.25) is 0 Å². The number of alkyl halides is 3. The van der Waals surface area contributed by atoms with Crippen LogP contribution < -0.4 is 4.74 Å². The van der Waals surface area contributed by atoms with Crippen LogP contribution in [0.2, 0.25) is 0 Å². The normalized spacial score (nSPS) is 14.8. The van der Waals surface area contributed by atoms with Crippen molar-refractivity contribution < 1.29 is 22.6 Å². The minimum absolute atomic E-state index is 0.207. The quantitative estimate of drug-likeness (QED) is 0.781. The molecule has 1 aromatic rings. The van der Waals surface area contributed by atoms with Crippen LogP contribution in [0.15, 0.2) is 18.2 Å². The fraction of sp³-hybridized carbons (Fsp3) is 0.667. The second kappa shape index (κ2) is 12.1. The number of hydrogen-bond acceptors (Lipinski definition) is 3. The second-order valence-electron chi connectivity index (χ2n) is 4.78. The largest absolute Gasteiger partial charge is 0.492 e. The molecule has 0 unspecified atom stereocenters. The standard InChI is InChI=1S/C14H18F3NO2.2C2H6/c1-11-2-3-12(10-13(11)14(15,16)17)20-9-6-18-4-7-19-8-5-18;2*1-2/h2-3,10H,4-9H2,1H3;2*1-2H3. The number of rotatable bonds is 4. The molecule has 1 saturated heterocycles. The molecule has 0 amide bonds. The lowest BCUT2D eigenvalue weighted by atomic mass is 10.1. The molecule has 1 aliphatic rings. The van der Waals surface area contributed by atoms with Crippen molar-refractivity contribution >= 4 is 0 Å². The highest BCUT2D eigenvalue weighted by molar-refractivity contribution is 5.36. The van der Waals surface area contributed by atoms with Crippen molar-refractivity contribution in [2.75, 3.05) is 39.5 Å². The zero-order valence-corrected chi connectivity index (χ0v) is 15.4. The number of benzene rings is 1. The zero-order chi connectivity index (χ0) is 18.6. The third-order valence-electron chi connectivity index (χ3n) is 3.29. The third kappa shape index (κ3) is 8.02. The third-order valence-corrected chi connectivity index (χ3v) is 3.29. The molecule has 2 rings (SSSR count). The van der Waals surface area contributed by atoms with E-state index in [0.29, 0.717) is 26.4 Å². The Kier molecular flexibility index (Phi) is 11.5. The van der Waals surface area contributed by atoms with Gasteiger partial charge in [-0.05, 0) is 24.6 Å². The summed E-state index contributed by atoms with van der Waals surface area (Å²) in [6.07, 6.45) is -4.34. The number of morpholine rings is 1. The summed E-state index contributed by atoms with van der Waals surface area (Å²) in [5, 5.41) is 0. The minimum Gasteiger partial charge on any atom is -0.492 e. The summed E-state index contributed by atoms with van der Waals surface area (Å²) in [5.74, 6) is 0.260. The van der Waals surface area contributed by atoms with Gasteiger partial charge < -0.3 is 9.47 Å². The maximum atomic E-state index is 12.8. The molecule has 24 heavy (non-hydrogen) atoms. The molecule has 1 aromatic carbocycles. The van der Waals surface area contributed by atoms with Crippen molar-refractivity contribution in [2.24, 2.45) is 0 Å². The van der Waals surface area contributed by atoms with Gasteiger partial charge in [0, 0.05) is 19.6 Å². The van der Waals surface area contributed by atoms with Crippen LogP contribution >= 0.6 is 0 Å². The Bertz CT molecular complexity index is 444. The summed E-state index contributed by atoms with van der Waals surface area (Å²) in [5.41, 5.74) is -0.431. The lowest BCUT2D eigenvalue weighted by molar-refractivity contribution is -0.138. The molecule has 0 saturated carbocycles. The average Bonchev–Trinajstić information content (AvgIpc) is 2.60. The average molecular weight is 349 g/mol. The van der Waals surface area contributed by atoms with Crippen LogP contribution in [0.4, 0.5) is 13.2 Å². The maximum absolute atomic E-state index is 12.8. The van der Waals surface area contributed by atoms with E-state index in [-0.39, 0.29) is 11.3 Å². The van der Waals surface area contributed by atoms with Crippen LogP contribution in [0.25, 0.3) is 0 Å². The maximum Gasteiger partial charge on any atom is 0.416 e. The van der Waals surface area contributed by atoms with Crippen LogP contribution in [0.3, 0.4) is 0 Å². The van der Waals surface area contributed by atoms with E-state index in [4.69, 9.17) is 9.47 Å². The lowest BCUT2D eigenvalue weighted by Gasteiger charge is -2.26. The molecule has 6 heteroatoms. The number of halogens is 3. The summed E-state index contributed by atoms with van der Waals surface area (Å²) in [6.45, 7) is 13.6. The van der Waals surface area contributed by atoms with Crippen LogP contribution in [0.1, 0.15) is 38.8 Å². The molecule has 0 bridgehead atoms. The first kappa shape index (κ1) is 22.7. The first-order valence-electron chi connectivity index (χ1n) is 8.57. The van der Waals surface area contributed by atoms with Gasteiger partial charge in [0.15, 0.2) is 0 Å². The highest BCUT2D eigenvalue weighted by Gasteiger charge is 2.32. The Morgan fingerprint density at radius 2 is 1.67 bits per heavy atom. The van der Waals surface area contributed by atoms with Crippen LogP contribution in [-0.4, -0.2) is 44.4 Å². The predicted octanol–water partition coefficient (Wildman–Crippen LogP) is 4.78. The number of ether oxygens (including phenoxy) is 2. The SMILES string of the molecule is CC.CC.Cc1ccc(OCCN2CCOCC2)cc1C(F)(F)F. The molecular weight excluding hydrogens is 319 g/mol. The van der Waals surface area contributed by atoms with Gasteiger partial charge in [-0.25, -0.2) is 0 Å². The molecule has 0 N–H and O–H groups in total. The molecule has 1 aliphatic heterocycles. The van der Waals surface area contributed by atoms with Crippen molar-refractivity contribution in [3.63, 3.8) is 0 Å². The van der Waals surface area contributed by atoms with Gasteiger partial charge in [-0.2, -0.15) is 13.2 Å². The molecule has 0 aromatic heterocycles. The summed E-state index contributed by atoms with van der Waals surface area (Å²) in [6, 6.07) is 4.07. The van der Waals surface area contributed by atoms with E-state index in [1.165, 1.54) is 13.0 Å². The van der Waals surface area contributed by atoms with E-state index in [1.807, 2.05) is 27.7 Å². The lowest BCUT2D eigenvalue weighted by Crippen LogP contribution is -2.38. The van der Waals surface area contributed by atoms with E-state index < -0.39 is 11.7 Å². The van der Waals surface area contributed by atoms with Crippen molar-refractivity contribution in [3.05, 3.63) is 29.3 Å². The smallest absolute Gasteiger partial charge is 0.416 e. The summed E-state index contributed by atoms with van der Waals surface area (Å²) < 4.78 is 48.9. The molecule has 0 atom stereocenters. The minimum atomic E-state index is -4.34. The van der Waals surface area contributed by atoms with Gasteiger partial charge in [0.05, 0.1) is 18.8 Å². The van der Waals surface area contributed by atoms with Gasteiger partial charge in [-0.1, -0.05) is 33.8 Å². The first-order chi connectivity index (χ1) is 11.5. The van der Waals surface area contributed by atoms with E-state index in [1.54, 1.807) is 6.07 Å². The van der Waals surface area contributed by atoms with E-state index in [9.17, 15) is 13.2 Å². The Hall–Kier alpha value is -1.27. The van der Waals surface area contributed by atoms with E-state index >= 15 is 0 Å².